The van der Waals surface area contributed by atoms with Crippen LogP contribution in [0.2, 0.25) is 0 Å². The molecular formula is C19H24N6O2. The van der Waals surface area contributed by atoms with E-state index in [1.54, 1.807) is 11.2 Å². The summed E-state index contributed by atoms with van der Waals surface area (Å²) in [5, 5.41) is 2.84. The van der Waals surface area contributed by atoms with Gasteiger partial charge in [-0.05, 0) is 25.0 Å². The van der Waals surface area contributed by atoms with Crippen molar-refractivity contribution in [2.75, 3.05) is 27.2 Å². The van der Waals surface area contributed by atoms with Gasteiger partial charge in [-0.15, -0.1) is 0 Å². The van der Waals surface area contributed by atoms with Crippen molar-refractivity contribution in [1.29, 1.82) is 0 Å². The first-order chi connectivity index (χ1) is 13.0. The van der Waals surface area contributed by atoms with E-state index in [9.17, 15) is 9.59 Å². The molecule has 4 rings (SSSR count). The van der Waals surface area contributed by atoms with Crippen molar-refractivity contribution in [1.82, 2.24) is 24.7 Å². The lowest BCUT2D eigenvalue weighted by atomic mass is 9.88. The molecule has 8 heteroatoms. The number of carbonyl (C=O) groups excluding carboxylic acids is 2. The maximum Gasteiger partial charge on any atom is 0.254 e. The third-order valence-corrected chi connectivity index (χ3v) is 5.43. The fraction of sp³-hybridized carbons (Fsp3) is 0.474. The number of likely N-dealkylation sites (tertiary alicyclic amines) is 1. The van der Waals surface area contributed by atoms with Gasteiger partial charge in [-0.1, -0.05) is 12.1 Å². The van der Waals surface area contributed by atoms with E-state index in [4.69, 9.17) is 0 Å². The molecule has 0 bridgehead atoms. The summed E-state index contributed by atoms with van der Waals surface area (Å²) in [7, 11) is 3.72. The highest BCUT2D eigenvalue weighted by molar-refractivity contribution is 6.07. The Kier molecular flexibility index (Phi) is 4.33. The molecule has 2 aromatic rings. The van der Waals surface area contributed by atoms with Crippen LogP contribution in [0.1, 0.15) is 19.3 Å². The third-order valence-electron chi connectivity index (χ3n) is 5.43. The molecule has 1 fully saturated rings. The molecule has 27 heavy (non-hydrogen) atoms. The van der Waals surface area contributed by atoms with Crippen LogP contribution in [0.3, 0.4) is 0 Å². The molecule has 0 aliphatic carbocycles. The standard InChI is InChI=1S/C19H24N6O2/c1-23(2)18-21-17(27)19(22-18)8-11-24(12-9-19)16(26)7-10-25-13-20-14-5-3-4-6-15(14)25/h3-6,13H,7-12H2,1-2H3,(H,21,22,27). The number of aryl methyl sites for hydroxylation is 1. The van der Waals surface area contributed by atoms with E-state index in [0.29, 0.717) is 44.9 Å². The van der Waals surface area contributed by atoms with Gasteiger partial charge in [0.1, 0.15) is 5.54 Å². The second-order valence-corrected chi connectivity index (χ2v) is 7.37. The average molecular weight is 368 g/mol. The number of hydrogen-bond acceptors (Lipinski definition) is 5. The van der Waals surface area contributed by atoms with E-state index in [1.807, 2.05) is 47.8 Å². The molecule has 1 N–H and O–H groups in total. The van der Waals surface area contributed by atoms with Crippen molar-refractivity contribution in [2.45, 2.75) is 31.3 Å². The smallest absolute Gasteiger partial charge is 0.254 e. The van der Waals surface area contributed by atoms with Gasteiger partial charge in [0.2, 0.25) is 11.9 Å². The van der Waals surface area contributed by atoms with Crippen molar-refractivity contribution in [3.05, 3.63) is 30.6 Å². The Bertz CT molecular complexity index is 908. The number of rotatable bonds is 3. The van der Waals surface area contributed by atoms with E-state index in [0.717, 1.165) is 11.0 Å². The maximum absolute atomic E-state index is 12.6. The zero-order valence-corrected chi connectivity index (χ0v) is 15.7. The number of para-hydroxylation sites is 2. The lowest BCUT2D eigenvalue weighted by Crippen LogP contribution is -2.50. The van der Waals surface area contributed by atoms with Crippen LogP contribution in [0.4, 0.5) is 0 Å². The van der Waals surface area contributed by atoms with Crippen molar-refractivity contribution < 1.29 is 9.59 Å². The van der Waals surface area contributed by atoms with Gasteiger partial charge in [0.15, 0.2) is 0 Å². The number of nitrogens with zero attached hydrogens (tertiary/aromatic N) is 5. The second kappa shape index (κ2) is 6.68. The highest BCUT2D eigenvalue weighted by Crippen LogP contribution is 2.30. The Morgan fingerprint density at radius 3 is 2.70 bits per heavy atom. The first kappa shape index (κ1) is 17.5. The van der Waals surface area contributed by atoms with Gasteiger partial charge < -0.3 is 14.4 Å². The zero-order valence-electron chi connectivity index (χ0n) is 15.7. The van der Waals surface area contributed by atoms with Gasteiger partial charge in [0.05, 0.1) is 17.4 Å². The van der Waals surface area contributed by atoms with Crippen LogP contribution >= 0.6 is 0 Å². The summed E-state index contributed by atoms with van der Waals surface area (Å²) >= 11 is 0. The molecule has 0 unspecified atom stereocenters. The summed E-state index contributed by atoms with van der Waals surface area (Å²) < 4.78 is 2.01. The second-order valence-electron chi connectivity index (χ2n) is 7.37. The van der Waals surface area contributed by atoms with Gasteiger partial charge >= 0.3 is 0 Å². The topological polar surface area (TPSA) is 82.8 Å². The molecule has 1 aromatic carbocycles. The monoisotopic (exact) mass is 368 g/mol. The number of piperidine rings is 1. The summed E-state index contributed by atoms with van der Waals surface area (Å²) in [5.74, 6) is 0.660. The van der Waals surface area contributed by atoms with E-state index < -0.39 is 5.54 Å². The molecule has 1 saturated heterocycles. The molecule has 142 valence electrons. The molecule has 1 aromatic heterocycles. The van der Waals surface area contributed by atoms with Crippen molar-refractivity contribution in [2.24, 2.45) is 4.99 Å². The van der Waals surface area contributed by atoms with Crippen molar-refractivity contribution in [3.8, 4) is 0 Å². The van der Waals surface area contributed by atoms with Gasteiger partial charge in [0.25, 0.3) is 5.91 Å². The molecular weight excluding hydrogens is 344 g/mol. The molecule has 1 spiro atoms. The number of imidazole rings is 1. The van der Waals surface area contributed by atoms with Crippen LogP contribution in [0.25, 0.3) is 11.0 Å². The molecule has 3 heterocycles. The predicted molar refractivity (Wildman–Crippen MR) is 102 cm³/mol. The highest BCUT2D eigenvalue weighted by atomic mass is 16.2. The SMILES string of the molecule is CN(C)C1=NC2(CCN(C(=O)CCn3cnc4ccccc43)CC2)C(=O)N1. The van der Waals surface area contributed by atoms with Gasteiger partial charge in [0, 0.05) is 40.2 Å². The van der Waals surface area contributed by atoms with Crippen molar-refractivity contribution in [3.63, 3.8) is 0 Å². The number of hydrogen-bond donors (Lipinski definition) is 1. The van der Waals surface area contributed by atoms with E-state index in [-0.39, 0.29) is 11.8 Å². The number of benzene rings is 1. The zero-order chi connectivity index (χ0) is 19.0. The summed E-state index contributed by atoms with van der Waals surface area (Å²) in [5.41, 5.74) is 1.26. The normalized spacial score (nSPS) is 18.7. The third kappa shape index (κ3) is 3.15. The summed E-state index contributed by atoms with van der Waals surface area (Å²) in [6, 6.07) is 7.91. The van der Waals surface area contributed by atoms with Gasteiger partial charge in [-0.2, -0.15) is 0 Å². The fourth-order valence-electron chi connectivity index (χ4n) is 3.74. The number of aliphatic imine (C=N–C) groups is 1. The van der Waals surface area contributed by atoms with Crippen LogP contribution in [0.15, 0.2) is 35.6 Å². The Labute approximate surface area is 157 Å². The predicted octanol–water partition coefficient (Wildman–Crippen LogP) is 0.835. The Morgan fingerprint density at radius 2 is 2.00 bits per heavy atom. The molecule has 0 saturated carbocycles. The number of nitrogens with one attached hydrogen (secondary N) is 1. The lowest BCUT2D eigenvalue weighted by molar-refractivity contribution is -0.135. The minimum atomic E-state index is -0.711. The summed E-state index contributed by atoms with van der Waals surface area (Å²) in [6.07, 6.45) is 3.33. The average Bonchev–Trinajstić information content (AvgIpc) is 3.22. The number of amides is 2. The van der Waals surface area contributed by atoms with Crippen LogP contribution < -0.4 is 5.32 Å². The van der Waals surface area contributed by atoms with E-state index in [2.05, 4.69) is 15.3 Å². The Hall–Kier alpha value is -2.90. The quantitative estimate of drug-likeness (QED) is 0.870. The van der Waals surface area contributed by atoms with Crippen LogP contribution in [0, 0.1) is 0 Å². The largest absolute Gasteiger partial charge is 0.349 e. The van der Waals surface area contributed by atoms with Crippen LogP contribution in [-0.2, 0) is 16.1 Å². The minimum absolute atomic E-state index is 0.0526. The summed E-state index contributed by atoms with van der Waals surface area (Å²) in [6.45, 7) is 1.71. The Morgan fingerprint density at radius 1 is 1.26 bits per heavy atom. The summed E-state index contributed by atoms with van der Waals surface area (Å²) in [4.78, 5) is 37.6. The fourth-order valence-corrected chi connectivity index (χ4v) is 3.74. The van der Waals surface area contributed by atoms with Crippen molar-refractivity contribution >= 4 is 28.8 Å². The number of fused-ring (bicyclic) bond motifs is 1. The maximum atomic E-state index is 12.6. The highest BCUT2D eigenvalue weighted by Gasteiger charge is 2.46. The lowest BCUT2D eigenvalue weighted by Gasteiger charge is -2.35. The first-order valence-corrected chi connectivity index (χ1v) is 9.25. The molecule has 8 nitrogen and oxygen atoms in total. The number of aromatic nitrogens is 2. The van der Waals surface area contributed by atoms with Crippen LogP contribution in [0.5, 0.6) is 0 Å². The number of guanidine groups is 1. The van der Waals surface area contributed by atoms with Gasteiger partial charge in [-0.25, -0.2) is 9.98 Å². The minimum Gasteiger partial charge on any atom is -0.349 e. The molecule has 2 aliphatic rings. The van der Waals surface area contributed by atoms with E-state index in [1.165, 1.54) is 0 Å². The Balaban J connectivity index is 1.36. The first-order valence-electron chi connectivity index (χ1n) is 9.25. The molecule has 2 amide bonds. The van der Waals surface area contributed by atoms with Crippen LogP contribution in [-0.4, -0.2) is 69.8 Å². The molecule has 0 atom stereocenters. The van der Waals surface area contributed by atoms with Gasteiger partial charge in [-0.3, -0.25) is 14.9 Å². The number of carbonyl (C=O) groups is 2. The van der Waals surface area contributed by atoms with E-state index >= 15 is 0 Å². The molecule has 2 aliphatic heterocycles. The molecule has 0 radical (unpaired) electrons.